The van der Waals surface area contributed by atoms with E-state index in [9.17, 15) is 0 Å². The summed E-state index contributed by atoms with van der Waals surface area (Å²) in [6.07, 6.45) is 0. The highest BCUT2D eigenvalue weighted by atomic mass is 28.4. The van der Waals surface area contributed by atoms with Crippen molar-refractivity contribution in [3.63, 3.8) is 0 Å². The number of nitrogens with two attached hydrogens (primary N) is 1. The van der Waals surface area contributed by atoms with Gasteiger partial charge in [0.2, 0.25) is 0 Å². The minimum atomic E-state index is -2.52. The molecule has 0 aliphatic rings. The Bertz CT molecular complexity index is 290. The smallest absolute Gasteiger partial charge is 0.399 e. The van der Waals surface area contributed by atoms with Crippen molar-refractivity contribution < 1.29 is 13.3 Å². The van der Waals surface area contributed by atoms with Crippen molar-refractivity contribution in [2.24, 2.45) is 0 Å². The molecule has 0 spiro atoms. The summed E-state index contributed by atoms with van der Waals surface area (Å²) in [5.41, 5.74) is 7.45. The maximum absolute atomic E-state index is 5.61. The summed E-state index contributed by atoms with van der Waals surface area (Å²) in [6.45, 7) is 0. The number of hydrogen-bond acceptors (Lipinski definition) is 4. The van der Waals surface area contributed by atoms with Crippen LogP contribution in [0.1, 0.15) is 5.56 Å². The van der Waals surface area contributed by atoms with Crippen LogP contribution < -0.4 is 5.73 Å². The molecule has 4 nitrogen and oxygen atoms in total. The Morgan fingerprint density at radius 3 is 1.87 bits per heavy atom. The van der Waals surface area contributed by atoms with Crippen LogP contribution in [-0.4, -0.2) is 30.1 Å². The summed E-state index contributed by atoms with van der Waals surface area (Å²) >= 11 is 0. The van der Waals surface area contributed by atoms with Crippen LogP contribution in [0, 0.1) is 0 Å². The van der Waals surface area contributed by atoms with Gasteiger partial charge in [0.1, 0.15) is 0 Å². The standard InChI is InChI=1S/C10H17NO3Si/c1-12-15(13-2,14-3)8-9-4-6-10(11)7-5-9/h4-7H,8,11H2,1-3H3. The molecule has 5 heteroatoms. The number of nitrogen functional groups attached to an aromatic ring is 1. The summed E-state index contributed by atoms with van der Waals surface area (Å²) in [5.74, 6) is 0. The third kappa shape index (κ3) is 3.03. The van der Waals surface area contributed by atoms with E-state index in [4.69, 9.17) is 19.0 Å². The fourth-order valence-corrected chi connectivity index (χ4v) is 3.02. The Morgan fingerprint density at radius 2 is 1.47 bits per heavy atom. The molecule has 84 valence electrons. The van der Waals surface area contributed by atoms with Crippen LogP contribution in [0.2, 0.25) is 0 Å². The van der Waals surface area contributed by atoms with Crippen LogP contribution in [0.4, 0.5) is 5.69 Å². The van der Waals surface area contributed by atoms with Gasteiger partial charge in [-0.1, -0.05) is 12.1 Å². The molecule has 0 unspecified atom stereocenters. The fraction of sp³-hybridized carbons (Fsp3) is 0.400. The third-order valence-electron chi connectivity index (χ3n) is 2.33. The van der Waals surface area contributed by atoms with Crippen LogP contribution in [0.15, 0.2) is 24.3 Å². The zero-order valence-electron chi connectivity index (χ0n) is 9.32. The minimum absolute atomic E-state index is 0.650. The van der Waals surface area contributed by atoms with Gasteiger partial charge in [0, 0.05) is 33.1 Å². The summed E-state index contributed by atoms with van der Waals surface area (Å²) in [4.78, 5) is 0. The maximum atomic E-state index is 5.61. The largest absolute Gasteiger partial charge is 0.504 e. The molecule has 0 bridgehead atoms. The number of anilines is 1. The molecule has 15 heavy (non-hydrogen) atoms. The predicted octanol–water partition coefficient (Wildman–Crippen LogP) is 1.23. The van der Waals surface area contributed by atoms with Crippen LogP contribution in [-0.2, 0) is 19.3 Å². The van der Waals surface area contributed by atoms with E-state index in [0.29, 0.717) is 6.04 Å². The molecule has 0 atom stereocenters. The summed E-state index contributed by atoms with van der Waals surface area (Å²) < 4.78 is 16.0. The van der Waals surface area contributed by atoms with Gasteiger partial charge in [0.15, 0.2) is 0 Å². The second kappa shape index (κ2) is 5.27. The number of hydrogen-bond donors (Lipinski definition) is 1. The van der Waals surface area contributed by atoms with Crippen molar-refractivity contribution in [2.45, 2.75) is 6.04 Å². The lowest BCUT2D eigenvalue weighted by Gasteiger charge is -2.24. The summed E-state index contributed by atoms with van der Waals surface area (Å²) in [5, 5.41) is 0. The van der Waals surface area contributed by atoms with E-state index < -0.39 is 8.80 Å². The summed E-state index contributed by atoms with van der Waals surface area (Å²) in [7, 11) is 2.31. The van der Waals surface area contributed by atoms with E-state index in [1.165, 1.54) is 0 Å². The monoisotopic (exact) mass is 227 g/mol. The molecule has 1 aromatic rings. The second-order valence-electron chi connectivity index (χ2n) is 3.21. The molecule has 0 aliphatic heterocycles. The molecule has 0 aromatic heterocycles. The lowest BCUT2D eigenvalue weighted by atomic mass is 10.2. The van der Waals surface area contributed by atoms with Crippen molar-refractivity contribution in [1.82, 2.24) is 0 Å². The van der Waals surface area contributed by atoms with E-state index in [-0.39, 0.29) is 0 Å². The number of rotatable bonds is 5. The Balaban J connectivity index is 2.78. The van der Waals surface area contributed by atoms with Gasteiger partial charge in [-0.15, -0.1) is 0 Å². The minimum Gasteiger partial charge on any atom is -0.399 e. The molecule has 2 N–H and O–H groups in total. The predicted molar refractivity (Wildman–Crippen MR) is 61.3 cm³/mol. The highest BCUT2D eigenvalue weighted by Crippen LogP contribution is 2.15. The molecule has 0 saturated carbocycles. The zero-order chi connectivity index (χ0) is 11.3. The quantitative estimate of drug-likeness (QED) is 0.607. The van der Waals surface area contributed by atoms with Crippen molar-refractivity contribution in [3.05, 3.63) is 29.8 Å². The van der Waals surface area contributed by atoms with Crippen LogP contribution in [0.25, 0.3) is 0 Å². The van der Waals surface area contributed by atoms with Gasteiger partial charge in [-0.2, -0.15) is 0 Å². The van der Waals surface area contributed by atoms with Crippen LogP contribution in [0.5, 0.6) is 0 Å². The van der Waals surface area contributed by atoms with Gasteiger partial charge in [-0.3, -0.25) is 0 Å². The topological polar surface area (TPSA) is 53.7 Å². The average molecular weight is 227 g/mol. The van der Waals surface area contributed by atoms with Crippen molar-refractivity contribution in [3.8, 4) is 0 Å². The molecular weight excluding hydrogens is 210 g/mol. The molecule has 0 fully saturated rings. The highest BCUT2D eigenvalue weighted by Gasteiger charge is 2.37. The first-order chi connectivity index (χ1) is 7.15. The highest BCUT2D eigenvalue weighted by molar-refractivity contribution is 6.60. The molecule has 0 saturated heterocycles. The van der Waals surface area contributed by atoms with Gasteiger partial charge in [0.25, 0.3) is 0 Å². The third-order valence-corrected chi connectivity index (χ3v) is 5.04. The van der Waals surface area contributed by atoms with E-state index in [1.807, 2.05) is 24.3 Å². The van der Waals surface area contributed by atoms with E-state index in [2.05, 4.69) is 0 Å². The number of benzene rings is 1. The molecular formula is C10H17NO3Si. The lowest BCUT2D eigenvalue weighted by Crippen LogP contribution is -2.45. The zero-order valence-corrected chi connectivity index (χ0v) is 10.3. The van der Waals surface area contributed by atoms with Gasteiger partial charge >= 0.3 is 8.80 Å². The second-order valence-corrected chi connectivity index (χ2v) is 6.16. The first kappa shape index (κ1) is 12.2. The first-order valence-corrected chi connectivity index (χ1v) is 6.59. The Kier molecular flexibility index (Phi) is 4.28. The van der Waals surface area contributed by atoms with Crippen LogP contribution >= 0.6 is 0 Å². The van der Waals surface area contributed by atoms with Crippen molar-refractivity contribution in [1.29, 1.82) is 0 Å². The van der Waals surface area contributed by atoms with E-state index in [1.54, 1.807) is 21.3 Å². The molecule has 1 aromatic carbocycles. The lowest BCUT2D eigenvalue weighted by molar-refractivity contribution is 0.122. The van der Waals surface area contributed by atoms with E-state index >= 15 is 0 Å². The van der Waals surface area contributed by atoms with E-state index in [0.717, 1.165) is 11.3 Å². The van der Waals surface area contributed by atoms with Gasteiger partial charge in [0.05, 0.1) is 0 Å². The summed E-state index contributed by atoms with van der Waals surface area (Å²) in [6, 6.07) is 8.27. The Hall–Kier alpha value is -0.883. The molecule has 0 heterocycles. The van der Waals surface area contributed by atoms with Gasteiger partial charge in [-0.05, 0) is 17.7 Å². The maximum Gasteiger partial charge on any atom is 0.504 e. The molecule has 0 aliphatic carbocycles. The SMILES string of the molecule is CO[Si](Cc1ccc(N)cc1)(OC)OC. The first-order valence-electron chi connectivity index (χ1n) is 4.65. The van der Waals surface area contributed by atoms with Crippen LogP contribution in [0.3, 0.4) is 0 Å². The molecule has 1 rings (SSSR count). The van der Waals surface area contributed by atoms with Gasteiger partial charge in [-0.25, -0.2) is 0 Å². The average Bonchev–Trinajstić information content (AvgIpc) is 2.29. The normalized spacial score (nSPS) is 11.7. The fourth-order valence-electron chi connectivity index (χ4n) is 1.35. The van der Waals surface area contributed by atoms with Gasteiger partial charge < -0.3 is 19.0 Å². The molecule has 0 radical (unpaired) electrons. The Labute approximate surface area is 91.3 Å². The molecule has 0 amide bonds. The van der Waals surface area contributed by atoms with Crippen molar-refractivity contribution in [2.75, 3.05) is 27.1 Å². The Morgan fingerprint density at radius 1 is 1.00 bits per heavy atom. The van der Waals surface area contributed by atoms with Crippen molar-refractivity contribution >= 4 is 14.5 Å².